The van der Waals surface area contributed by atoms with Gasteiger partial charge in [0.15, 0.2) is 0 Å². The van der Waals surface area contributed by atoms with Crippen LogP contribution in [0.2, 0.25) is 0 Å². The molecule has 120 valence electrons. The third-order valence-corrected chi connectivity index (χ3v) is 4.98. The van der Waals surface area contributed by atoms with E-state index < -0.39 is 0 Å². The Morgan fingerprint density at radius 2 is 2.09 bits per heavy atom. The van der Waals surface area contributed by atoms with Gasteiger partial charge in [-0.25, -0.2) is 0 Å². The Balaban J connectivity index is 1.75. The molecular formula is C18H26N2O2. The molecule has 3 atom stereocenters. The number of benzene rings is 1. The predicted molar refractivity (Wildman–Crippen MR) is 86.3 cm³/mol. The first kappa shape index (κ1) is 15.5. The van der Waals surface area contributed by atoms with Crippen LogP contribution < -0.4 is 5.73 Å². The molecule has 4 nitrogen and oxygen atoms in total. The number of carbonyl (C=O) groups is 1. The quantitative estimate of drug-likeness (QED) is 0.932. The van der Waals surface area contributed by atoms with Gasteiger partial charge in [-0.3, -0.25) is 4.79 Å². The van der Waals surface area contributed by atoms with E-state index >= 15 is 0 Å². The van der Waals surface area contributed by atoms with Gasteiger partial charge in [-0.2, -0.15) is 0 Å². The molecule has 2 N–H and O–H groups in total. The Hall–Kier alpha value is -1.39. The molecule has 4 heteroatoms. The van der Waals surface area contributed by atoms with Crippen LogP contribution in [-0.4, -0.2) is 37.0 Å². The van der Waals surface area contributed by atoms with Crippen molar-refractivity contribution in [3.05, 3.63) is 35.4 Å². The lowest BCUT2D eigenvalue weighted by Gasteiger charge is -2.34. The molecule has 22 heavy (non-hydrogen) atoms. The average Bonchev–Trinajstić information content (AvgIpc) is 3.04. The van der Waals surface area contributed by atoms with Crippen LogP contribution >= 0.6 is 0 Å². The predicted octanol–water partition coefficient (Wildman–Crippen LogP) is 2.27. The van der Waals surface area contributed by atoms with Crippen LogP contribution in [0.25, 0.3) is 0 Å². The van der Waals surface area contributed by atoms with Crippen LogP contribution in [0, 0.1) is 18.8 Å². The van der Waals surface area contributed by atoms with Gasteiger partial charge in [0, 0.05) is 19.7 Å². The third kappa shape index (κ3) is 3.18. The van der Waals surface area contributed by atoms with E-state index in [9.17, 15) is 4.79 Å². The summed E-state index contributed by atoms with van der Waals surface area (Å²) in [6.45, 7) is 5.15. The zero-order valence-electron chi connectivity index (χ0n) is 13.3. The topological polar surface area (TPSA) is 55.6 Å². The molecular weight excluding hydrogens is 276 g/mol. The summed E-state index contributed by atoms with van der Waals surface area (Å²) in [4.78, 5) is 14.9. The van der Waals surface area contributed by atoms with Crippen LogP contribution in [0.15, 0.2) is 24.3 Å². The highest BCUT2D eigenvalue weighted by atomic mass is 16.5. The molecule has 0 radical (unpaired) electrons. The highest BCUT2D eigenvalue weighted by Gasteiger charge is 2.37. The minimum atomic E-state index is -0.0984. The standard InChI is InChI=1S/C18H26N2O2/c1-13-4-6-15(7-5-13)17-16(3-2-10-22-17)18(21)20-9-8-14(11-19)12-20/h4-7,14,16-17H,2-3,8-12,19H2,1H3/t14-,16+,17-/m0/s1. The summed E-state index contributed by atoms with van der Waals surface area (Å²) in [5.41, 5.74) is 8.10. The average molecular weight is 302 g/mol. The van der Waals surface area contributed by atoms with Crippen molar-refractivity contribution in [1.29, 1.82) is 0 Å². The van der Waals surface area contributed by atoms with Gasteiger partial charge < -0.3 is 15.4 Å². The molecule has 1 amide bonds. The first-order valence-corrected chi connectivity index (χ1v) is 8.36. The number of hydrogen-bond acceptors (Lipinski definition) is 3. The molecule has 0 aromatic heterocycles. The highest BCUT2D eigenvalue weighted by Crippen LogP contribution is 2.36. The molecule has 0 saturated carbocycles. The number of hydrogen-bond donors (Lipinski definition) is 1. The molecule has 2 aliphatic rings. The van der Waals surface area contributed by atoms with Crippen LogP contribution in [-0.2, 0) is 9.53 Å². The number of likely N-dealkylation sites (tertiary alicyclic amines) is 1. The molecule has 0 unspecified atom stereocenters. The second-order valence-electron chi connectivity index (χ2n) is 6.63. The summed E-state index contributed by atoms with van der Waals surface area (Å²) in [6, 6.07) is 8.38. The Bertz CT molecular complexity index is 514. The highest BCUT2D eigenvalue weighted by molar-refractivity contribution is 5.80. The van der Waals surface area contributed by atoms with Crippen molar-refractivity contribution in [2.75, 3.05) is 26.2 Å². The molecule has 2 aliphatic heterocycles. The van der Waals surface area contributed by atoms with Gasteiger partial charge in [0.25, 0.3) is 0 Å². The number of nitrogens with zero attached hydrogens (tertiary/aromatic N) is 1. The Morgan fingerprint density at radius 1 is 1.32 bits per heavy atom. The van der Waals surface area contributed by atoms with Crippen LogP contribution in [0.3, 0.4) is 0 Å². The van der Waals surface area contributed by atoms with Gasteiger partial charge in [-0.1, -0.05) is 29.8 Å². The summed E-state index contributed by atoms with van der Waals surface area (Å²) in [6.07, 6.45) is 2.82. The fourth-order valence-corrected chi connectivity index (χ4v) is 3.58. The van der Waals surface area contributed by atoms with Crippen LogP contribution in [0.4, 0.5) is 0 Å². The molecule has 1 aromatic rings. The SMILES string of the molecule is Cc1ccc([C@@H]2OCCC[C@H]2C(=O)N2CC[C@@H](CN)C2)cc1. The number of amides is 1. The number of carbonyl (C=O) groups excluding carboxylic acids is 1. The van der Waals surface area contributed by atoms with Crippen molar-refractivity contribution in [3.8, 4) is 0 Å². The molecule has 2 saturated heterocycles. The van der Waals surface area contributed by atoms with Crippen molar-refractivity contribution in [1.82, 2.24) is 4.90 Å². The van der Waals surface area contributed by atoms with E-state index in [1.807, 2.05) is 4.90 Å². The van der Waals surface area contributed by atoms with Gasteiger partial charge in [0.1, 0.15) is 0 Å². The van der Waals surface area contributed by atoms with Gasteiger partial charge in [-0.15, -0.1) is 0 Å². The summed E-state index contributed by atoms with van der Waals surface area (Å²) in [5.74, 6) is 0.667. The first-order chi connectivity index (χ1) is 10.7. The van der Waals surface area contributed by atoms with E-state index in [4.69, 9.17) is 10.5 Å². The number of ether oxygens (including phenoxy) is 1. The monoisotopic (exact) mass is 302 g/mol. The van der Waals surface area contributed by atoms with Crippen molar-refractivity contribution in [3.63, 3.8) is 0 Å². The molecule has 3 rings (SSSR count). The lowest BCUT2D eigenvalue weighted by Crippen LogP contribution is -2.40. The van der Waals surface area contributed by atoms with Crippen molar-refractivity contribution >= 4 is 5.91 Å². The number of aryl methyl sites for hydroxylation is 1. The molecule has 2 fully saturated rings. The molecule has 1 aromatic carbocycles. The summed E-state index contributed by atoms with van der Waals surface area (Å²) in [7, 11) is 0. The summed E-state index contributed by atoms with van der Waals surface area (Å²) < 4.78 is 5.98. The van der Waals surface area contributed by atoms with E-state index in [0.717, 1.165) is 44.5 Å². The van der Waals surface area contributed by atoms with E-state index in [-0.39, 0.29) is 17.9 Å². The van der Waals surface area contributed by atoms with Gasteiger partial charge in [0.2, 0.25) is 5.91 Å². The largest absolute Gasteiger partial charge is 0.373 e. The Kier molecular flexibility index (Phi) is 4.79. The lowest BCUT2D eigenvalue weighted by molar-refractivity contribution is -0.144. The van der Waals surface area contributed by atoms with E-state index in [1.165, 1.54) is 5.56 Å². The fourth-order valence-electron chi connectivity index (χ4n) is 3.58. The van der Waals surface area contributed by atoms with E-state index in [1.54, 1.807) is 0 Å². The molecule has 0 bridgehead atoms. The molecule has 0 spiro atoms. The van der Waals surface area contributed by atoms with Gasteiger partial charge in [-0.05, 0) is 44.2 Å². The summed E-state index contributed by atoms with van der Waals surface area (Å²) >= 11 is 0. The maximum atomic E-state index is 12.9. The minimum absolute atomic E-state index is 0.0482. The number of rotatable bonds is 3. The first-order valence-electron chi connectivity index (χ1n) is 8.36. The van der Waals surface area contributed by atoms with Crippen molar-refractivity contribution in [2.45, 2.75) is 32.3 Å². The van der Waals surface area contributed by atoms with Crippen molar-refractivity contribution < 1.29 is 9.53 Å². The third-order valence-electron chi connectivity index (χ3n) is 4.98. The molecule has 0 aliphatic carbocycles. The second-order valence-corrected chi connectivity index (χ2v) is 6.63. The smallest absolute Gasteiger partial charge is 0.228 e. The zero-order chi connectivity index (χ0) is 15.5. The Morgan fingerprint density at radius 3 is 2.77 bits per heavy atom. The van der Waals surface area contributed by atoms with Crippen LogP contribution in [0.5, 0.6) is 0 Å². The molecule has 2 heterocycles. The van der Waals surface area contributed by atoms with Gasteiger partial charge in [0.05, 0.1) is 12.0 Å². The fraction of sp³-hybridized carbons (Fsp3) is 0.611. The van der Waals surface area contributed by atoms with Gasteiger partial charge >= 0.3 is 0 Å². The van der Waals surface area contributed by atoms with Crippen molar-refractivity contribution in [2.24, 2.45) is 17.6 Å². The maximum absolute atomic E-state index is 12.9. The lowest BCUT2D eigenvalue weighted by atomic mass is 9.88. The summed E-state index contributed by atoms with van der Waals surface area (Å²) in [5, 5.41) is 0. The number of nitrogens with two attached hydrogens (primary N) is 1. The Labute approximate surface area is 132 Å². The normalized spacial score (nSPS) is 28.8. The second kappa shape index (κ2) is 6.80. The van der Waals surface area contributed by atoms with E-state index in [2.05, 4.69) is 31.2 Å². The zero-order valence-corrected chi connectivity index (χ0v) is 13.3. The van der Waals surface area contributed by atoms with Crippen LogP contribution in [0.1, 0.15) is 36.5 Å². The van der Waals surface area contributed by atoms with E-state index in [0.29, 0.717) is 12.5 Å². The maximum Gasteiger partial charge on any atom is 0.228 e. The minimum Gasteiger partial charge on any atom is -0.373 e.